The van der Waals surface area contributed by atoms with Crippen LogP contribution in [0, 0.1) is 19.8 Å². The lowest BCUT2D eigenvalue weighted by Gasteiger charge is -2.25. The van der Waals surface area contributed by atoms with Gasteiger partial charge in [-0.3, -0.25) is 4.79 Å². The molecule has 0 spiro atoms. The number of hydrogen-bond donors (Lipinski definition) is 1. The molecular formula is C22H28N2O5. The third-order valence-corrected chi connectivity index (χ3v) is 5.04. The van der Waals surface area contributed by atoms with Crippen LogP contribution in [0.15, 0.2) is 18.2 Å². The molecule has 156 valence electrons. The molecule has 0 aliphatic carbocycles. The van der Waals surface area contributed by atoms with Gasteiger partial charge in [-0.05, 0) is 49.6 Å². The predicted octanol–water partition coefficient (Wildman–Crippen LogP) is 3.72. The zero-order valence-corrected chi connectivity index (χ0v) is 17.6. The first kappa shape index (κ1) is 20.8. The van der Waals surface area contributed by atoms with E-state index in [0.717, 1.165) is 22.4 Å². The van der Waals surface area contributed by atoms with E-state index in [-0.39, 0.29) is 24.6 Å². The quantitative estimate of drug-likeness (QED) is 0.717. The van der Waals surface area contributed by atoms with E-state index in [1.807, 2.05) is 45.9 Å². The minimum absolute atomic E-state index is 0.0420. The van der Waals surface area contributed by atoms with Crippen molar-refractivity contribution in [2.75, 3.05) is 13.4 Å². The average Bonchev–Trinajstić information content (AvgIpc) is 3.25. The minimum atomic E-state index is -0.378. The van der Waals surface area contributed by atoms with Gasteiger partial charge < -0.3 is 24.1 Å². The molecule has 0 atom stereocenters. The third kappa shape index (κ3) is 4.39. The Hall–Kier alpha value is -2.96. The molecule has 2 heterocycles. The number of carbonyl (C=O) groups is 2. The van der Waals surface area contributed by atoms with Crippen molar-refractivity contribution in [1.82, 2.24) is 9.88 Å². The van der Waals surface area contributed by atoms with Gasteiger partial charge in [0.15, 0.2) is 11.5 Å². The molecule has 0 saturated carbocycles. The highest BCUT2D eigenvalue weighted by Crippen LogP contribution is 2.33. The van der Waals surface area contributed by atoms with Gasteiger partial charge in [0.1, 0.15) is 5.69 Å². The number of aromatic nitrogens is 1. The van der Waals surface area contributed by atoms with Crippen molar-refractivity contribution >= 4 is 11.9 Å². The van der Waals surface area contributed by atoms with E-state index >= 15 is 0 Å². The second kappa shape index (κ2) is 8.59. The Bertz CT molecular complexity index is 916. The number of hydrogen-bond acceptors (Lipinski definition) is 5. The number of ether oxygens (including phenoxy) is 3. The van der Waals surface area contributed by atoms with E-state index in [9.17, 15) is 9.59 Å². The van der Waals surface area contributed by atoms with Crippen LogP contribution in [-0.2, 0) is 22.6 Å². The number of aromatic amines is 1. The summed E-state index contributed by atoms with van der Waals surface area (Å²) in [5.41, 5.74) is 4.01. The Morgan fingerprint density at radius 3 is 2.59 bits per heavy atom. The summed E-state index contributed by atoms with van der Waals surface area (Å²) in [6, 6.07) is 5.71. The fourth-order valence-electron chi connectivity index (χ4n) is 3.46. The smallest absolute Gasteiger partial charge is 0.355 e. The molecule has 3 rings (SSSR count). The fourth-order valence-corrected chi connectivity index (χ4v) is 3.46. The molecule has 0 unspecified atom stereocenters. The maximum absolute atomic E-state index is 12.9. The van der Waals surface area contributed by atoms with Crippen molar-refractivity contribution < 1.29 is 23.8 Å². The number of fused-ring (bicyclic) bond motifs is 1. The summed E-state index contributed by atoms with van der Waals surface area (Å²) < 4.78 is 16.0. The van der Waals surface area contributed by atoms with Crippen LogP contribution in [0.5, 0.6) is 11.5 Å². The zero-order valence-electron chi connectivity index (χ0n) is 17.6. The Balaban J connectivity index is 1.87. The van der Waals surface area contributed by atoms with E-state index in [2.05, 4.69) is 4.98 Å². The van der Waals surface area contributed by atoms with Gasteiger partial charge in [-0.15, -0.1) is 0 Å². The lowest BCUT2D eigenvalue weighted by atomic mass is 10.1. The normalized spacial score (nSPS) is 12.3. The zero-order chi connectivity index (χ0) is 21.1. The van der Waals surface area contributed by atoms with E-state index in [0.29, 0.717) is 36.9 Å². The Labute approximate surface area is 170 Å². The van der Waals surface area contributed by atoms with Gasteiger partial charge in [0.2, 0.25) is 12.7 Å². The summed E-state index contributed by atoms with van der Waals surface area (Å²) in [6.45, 7) is 10.7. The number of esters is 1. The molecule has 1 aliphatic heterocycles. The third-order valence-electron chi connectivity index (χ3n) is 5.04. The number of amides is 1. The van der Waals surface area contributed by atoms with Gasteiger partial charge >= 0.3 is 5.97 Å². The molecule has 29 heavy (non-hydrogen) atoms. The lowest BCUT2D eigenvalue weighted by Crippen LogP contribution is -2.33. The molecule has 7 nitrogen and oxygen atoms in total. The molecule has 2 aromatic rings. The first-order valence-corrected chi connectivity index (χ1v) is 9.84. The van der Waals surface area contributed by atoms with Gasteiger partial charge in [0.05, 0.1) is 6.61 Å². The number of rotatable bonds is 7. The molecule has 7 heteroatoms. The number of nitrogens with zero attached hydrogens (tertiary/aromatic N) is 1. The summed E-state index contributed by atoms with van der Waals surface area (Å²) in [7, 11) is 0. The molecule has 1 aliphatic rings. The Morgan fingerprint density at radius 1 is 1.17 bits per heavy atom. The highest BCUT2D eigenvalue weighted by atomic mass is 16.7. The van der Waals surface area contributed by atoms with Gasteiger partial charge in [-0.1, -0.05) is 19.9 Å². The number of benzene rings is 1. The first-order chi connectivity index (χ1) is 13.8. The summed E-state index contributed by atoms with van der Waals surface area (Å²) in [5.74, 6) is 0.926. The van der Waals surface area contributed by atoms with Crippen LogP contribution in [-0.4, -0.2) is 35.2 Å². The molecule has 1 aromatic heterocycles. The molecule has 0 saturated heterocycles. The fraction of sp³-hybridized carbons (Fsp3) is 0.455. The second-order valence-corrected chi connectivity index (χ2v) is 7.49. The largest absolute Gasteiger partial charge is 0.461 e. The SMILES string of the molecule is CCOC(=O)c1[nH]c(C)c(CN(Cc2ccc3c(c2)OCO3)C(=O)C(C)C)c1C. The van der Waals surface area contributed by atoms with Crippen molar-refractivity contribution in [3.05, 3.63) is 46.3 Å². The number of nitrogens with one attached hydrogen (secondary N) is 1. The Kier molecular flexibility index (Phi) is 6.15. The number of H-pyrrole nitrogens is 1. The van der Waals surface area contributed by atoms with Crippen LogP contribution in [0.2, 0.25) is 0 Å². The molecule has 1 amide bonds. The van der Waals surface area contributed by atoms with E-state index in [1.165, 1.54) is 0 Å². The summed E-state index contributed by atoms with van der Waals surface area (Å²) in [5, 5.41) is 0. The standard InChI is InChI=1S/C22H28N2O5/c1-6-27-22(26)20-14(4)17(15(5)23-20)11-24(21(25)13(2)3)10-16-7-8-18-19(9-16)29-12-28-18/h7-9,13,23H,6,10-12H2,1-5H3. The topological polar surface area (TPSA) is 80.9 Å². The summed E-state index contributed by atoms with van der Waals surface area (Å²) >= 11 is 0. The van der Waals surface area contributed by atoms with Crippen LogP contribution in [0.1, 0.15) is 53.6 Å². The molecule has 0 radical (unpaired) electrons. The minimum Gasteiger partial charge on any atom is -0.461 e. The van der Waals surface area contributed by atoms with E-state index < -0.39 is 0 Å². The maximum Gasteiger partial charge on any atom is 0.355 e. The predicted molar refractivity (Wildman–Crippen MR) is 108 cm³/mol. The summed E-state index contributed by atoms with van der Waals surface area (Å²) in [4.78, 5) is 30.0. The van der Waals surface area contributed by atoms with Crippen molar-refractivity contribution in [2.24, 2.45) is 5.92 Å². The van der Waals surface area contributed by atoms with Crippen molar-refractivity contribution in [2.45, 2.75) is 47.7 Å². The van der Waals surface area contributed by atoms with Crippen LogP contribution in [0.3, 0.4) is 0 Å². The second-order valence-electron chi connectivity index (χ2n) is 7.49. The van der Waals surface area contributed by atoms with E-state index in [4.69, 9.17) is 14.2 Å². The van der Waals surface area contributed by atoms with Crippen molar-refractivity contribution in [1.29, 1.82) is 0 Å². The number of aryl methyl sites for hydroxylation is 1. The van der Waals surface area contributed by atoms with Gasteiger partial charge in [0, 0.05) is 24.7 Å². The van der Waals surface area contributed by atoms with Crippen molar-refractivity contribution in [3.8, 4) is 11.5 Å². The summed E-state index contributed by atoms with van der Waals surface area (Å²) in [6.07, 6.45) is 0. The Morgan fingerprint density at radius 2 is 1.90 bits per heavy atom. The van der Waals surface area contributed by atoms with Crippen molar-refractivity contribution in [3.63, 3.8) is 0 Å². The van der Waals surface area contributed by atoms with Crippen LogP contribution < -0.4 is 9.47 Å². The average molecular weight is 400 g/mol. The highest BCUT2D eigenvalue weighted by molar-refractivity contribution is 5.90. The molecule has 1 aromatic carbocycles. The van der Waals surface area contributed by atoms with Crippen LogP contribution in [0.25, 0.3) is 0 Å². The number of carbonyl (C=O) groups excluding carboxylic acids is 2. The molecule has 0 fully saturated rings. The lowest BCUT2D eigenvalue weighted by molar-refractivity contribution is -0.135. The first-order valence-electron chi connectivity index (χ1n) is 9.84. The van der Waals surface area contributed by atoms with Gasteiger partial charge in [0.25, 0.3) is 0 Å². The monoisotopic (exact) mass is 400 g/mol. The maximum atomic E-state index is 12.9. The van der Waals surface area contributed by atoms with Crippen LogP contribution >= 0.6 is 0 Å². The van der Waals surface area contributed by atoms with Gasteiger partial charge in [-0.25, -0.2) is 4.79 Å². The molecular weight excluding hydrogens is 372 g/mol. The van der Waals surface area contributed by atoms with E-state index in [1.54, 1.807) is 11.8 Å². The van der Waals surface area contributed by atoms with Crippen LogP contribution in [0.4, 0.5) is 0 Å². The molecule has 1 N–H and O–H groups in total. The van der Waals surface area contributed by atoms with Gasteiger partial charge in [-0.2, -0.15) is 0 Å². The molecule has 0 bridgehead atoms. The highest BCUT2D eigenvalue weighted by Gasteiger charge is 2.24.